The van der Waals surface area contributed by atoms with Crippen LogP contribution < -0.4 is 10.6 Å². The SMILES string of the molecule is COC1CCCC1NCC(=O)Nc1c(F)cccc1F. The third-order valence-electron chi connectivity index (χ3n) is 3.51. The van der Waals surface area contributed by atoms with Crippen molar-refractivity contribution in [1.82, 2.24) is 5.32 Å². The largest absolute Gasteiger partial charge is 0.380 e. The van der Waals surface area contributed by atoms with Gasteiger partial charge in [-0.05, 0) is 31.4 Å². The van der Waals surface area contributed by atoms with Crippen LogP contribution in [-0.4, -0.2) is 31.7 Å². The second-order valence-corrected chi connectivity index (χ2v) is 4.84. The molecule has 20 heavy (non-hydrogen) atoms. The molecule has 1 aliphatic carbocycles. The smallest absolute Gasteiger partial charge is 0.238 e. The molecule has 1 fully saturated rings. The van der Waals surface area contributed by atoms with Gasteiger partial charge in [0.25, 0.3) is 0 Å². The van der Waals surface area contributed by atoms with Gasteiger partial charge in [0, 0.05) is 13.2 Å². The average molecular weight is 284 g/mol. The maximum atomic E-state index is 13.4. The zero-order chi connectivity index (χ0) is 14.5. The van der Waals surface area contributed by atoms with Crippen LogP contribution in [0.4, 0.5) is 14.5 Å². The van der Waals surface area contributed by atoms with Crippen LogP contribution in [0.3, 0.4) is 0 Å². The van der Waals surface area contributed by atoms with Gasteiger partial charge in [-0.25, -0.2) is 8.78 Å². The first kappa shape index (κ1) is 14.9. The predicted octanol–water partition coefficient (Wildman–Crippen LogP) is 2.06. The number of carbonyl (C=O) groups excluding carboxylic acids is 1. The number of amides is 1. The Kier molecular flexibility index (Phi) is 5.03. The molecule has 0 radical (unpaired) electrons. The minimum absolute atomic E-state index is 0.00169. The van der Waals surface area contributed by atoms with E-state index < -0.39 is 23.2 Å². The molecular weight excluding hydrogens is 266 g/mol. The number of anilines is 1. The Morgan fingerprint density at radius 3 is 2.70 bits per heavy atom. The van der Waals surface area contributed by atoms with E-state index in [2.05, 4.69) is 10.6 Å². The summed E-state index contributed by atoms with van der Waals surface area (Å²) in [5.74, 6) is -2.04. The molecule has 0 heterocycles. The first-order chi connectivity index (χ1) is 9.61. The first-order valence-electron chi connectivity index (χ1n) is 6.62. The summed E-state index contributed by atoms with van der Waals surface area (Å²) in [6.45, 7) is -0.00169. The average Bonchev–Trinajstić information content (AvgIpc) is 2.88. The molecule has 1 aromatic carbocycles. The van der Waals surface area contributed by atoms with Crippen LogP contribution >= 0.6 is 0 Å². The van der Waals surface area contributed by atoms with E-state index in [4.69, 9.17) is 4.74 Å². The van der Waals surface area contributed by atoms with Gasteiger partial charge >= 0.3 is 0 Å². The van der Waals surface area contributed by atoms with Crippen molar-refractivity contribution in [3.63, 3.8) is 0 Å². The Labute approximate surface area is 116 Å². The van der Waals surface area contributed by atoms with E-state index in [-0.39, 0.29) is 18.7 Å². The Morgan fingerprint density at radius 1 is 1.35 bits per heavy atom. The van der Waals surface area contributed by atoms with E-state index in [1.807, 2.05) is 0 Å². The number of halogens is 2. The summed E-state index contributed by atoms with van der Waals surface area (Å²) in [5.41, 5.74) is -0.408. The Balaban J connectivity index is 1.87. The summed E-state index contributed by atoms with van der Waals surface area (Å²) in [4.78, 5) is 11.7. The van der Waals surface area contributed by atoms with Crippen molar-refractivity contribution in [2.45, 2.75) is 31.4 Å². The molecule has 2 rings (SSSR count). The number of nitrogens with one attached hydrogen (secondary N) is 2. The molecule has 1 aromatic rings. The lowest BCUT2D eigenvalue weighted by atomic mass is 10.2. The van der Waals surface area contributed by atoms with E-state index in [0.29, 0.717) is 0 Å². The molecule has 2 unspecified atom stereocenters. The lowest BCUT2D eigenvalue weighted by Gasteiger charge is -2.19. The number of benzene rings is 1. The molecule has 6 heteroatoms. The molecule has 110 valence electrons. The maximum Gasteiger partial charge on any atom is 0.238 e. The summed E-state index contributed by atoms with van der Waals surface area (Å²) in [7, 11) is 1.64. The quantitative estimate of drug-likeness (QED) is 0.870. The van der Waals surface area contributed by atoms with E-state index in [9.17, 15) is 13.6 Å². The van der Waals surface area contributed by atoms with Crippen molar-refractivity contribution in [1.29, 1.82) is 0 Å². The maximum absolute atomic E-state index is 13.4. The number of ether oxygens (including phenoxy) is 1. The molecule has 1 amide bonds. The highest BCUT2D eigenvalue weighted by Gasteiger charge is 2.27. The first-order valence-corrected chi connectivity index (χ1v) is 6.62. The molecule has 1 aliphatic rings. The van der Waals surface area contributed by atoms with Gasteiger partial charge in [0.15, 0.2) is 0 Å². The summed E-state index contributed by atoms with van der Waals surface area (Å²) in [5, 5.41) is 5.30. The van der Waals surface area contributed by atoms with Crippen LogP contribution in [0.15, 0.2) is 18.2 Å². The fraction of sp³-hybridized carbons (Fsp3) is 0.500. The molecule has 0 aromatic heterocycles. The highest BCUT2D eigenvalue weighted by molar-refractivity contribution is 5.92. The number of hydrogen-bond acceptors (Lipinski definition) is 3. The zero-order valence-electron chi connectivity index (χ0n) is 11.3. The molecular formula is C14H18F2N2O2. The van der Waals surface area contributed by atoms with E-state index >= 15 is 0 Å². The van der Waals surface area contributed by atoms with Crippen molar-refractivity contribution in [2.75, 3.05) is 19.0 Å². The number of methoxy groups -OCH3 is 1. The third-order valence-corrected chi connectivity index (χ3v) is 3.51. The zero-order valence-corrected chi connectivity index (χ0v) is 11.3. The number of para-hydroxylation sites is 1. The van der Waals surface area contributed by atoms with Gasteiger partial charge in [-0.15, -0.1) is 0 Å². The third kappa shape index (κ3) is 3.52. The fourth-order valence-corrected chi connectivity index (χ4v) is 2.47. The lowest BCUT2D eigenvalue weighted by molar-refractivity contribution is -0.115. The van der Waals surface area contributed by atoms with Gasteiger partial charge in [-0.1, -0.05) is 6.07 Å². The van der Waals surface area contributed by atoms with Crippen LogP contribution in [-0.2, 0) is 9.53 Å². The number of rotatable bonds is 5. The van der Waals surface area contributed by atoms with Crippen molar-refractivity contribution in [2.24, 2.45) is 0 Å². The molecule has 0 saturated heterocycles. The molecule has 4 nitrogen and oxygen atoms in total. The second-order valence-electron chi connectivity index (χ2n) is 4.84. The molecule has 2 N–H and O–H groups in total. The van der Waals surface area contributed by atoms with Gasteiger partial charge < -0.3 is 15.4 Å². The van der Waals surface area contributed by atoms with Gasteiger partial charge in [-0.2, -0.15) is 0 Å². The summed E-state index contributed by atoms with van der Waals surface area (Å²) in [6, 6.07) is 3.56. The Hall–Kier alpha value is -1.53. The van der Waals surface area contributed by atoms with Crippen molar-refractivity contribution >= 4 is 11.6 Å². The van der Waals surface area contributed by atoms with Gasteiger partial charge in [0.2, 0.25) is 5.91 Å². The summed E-state index contributed by atoms with van der Waals surface area (Å²) >= 11 is 0. The van der Waals surface area contributed by atoms with Crippen molar-refractivity contribution < 1.29 is 18.3 Å². The van der Waals surface area contributed by atoms with E-state index in [1.54, 1.807) is 7.11 Å². The van der Waals surface area contributed by atoms with Crippen molar-refractivity contribution in [3.05, 3.63) is 29.8 Å². The minimum Gasteiger partial charge on any atom is -0.380 e. The molecule has 2 atom stereocenters. The molecule has 1 saturated carbocycles. The summed E-state index contributed by atoms with van der Waals surface area (Å²) < 4.78 is 32.0. The fourth-order valence-electron chi connectivity index (χ4n) is 2.47. The highest BCUT2D eigenvalue weighted by Crippen LogP contribution is 2.21. The van der Waals surface area contributed by atoms with Crippen LogP contribution in [0.5, 0.6) is 0 Å². The van der Waals surface area contributed by atoms with Crippen LogP contribution in [0, 0.1) is 11.6 Å². The Bertz CT molecular complexity index is 462. The van der Waals surface area contributed by atoms with E-state index in [0.717, 1.165) is 31.4 Å². The topological polar surface area (TPSA) is 50.4 Å². The molecule has 0 aliphatic heterocycles. The molecule has 0 spiro atoms. The van der Waals surface area contributed by atoms with E-state index in [1.165, 1.54) is 6.07 Å². The molecule has 0 bridgehead atoms. The number of hydrogen-bond donors (Lipinski definition) is 2. The summed E-state index contributed by atoms with van der Waals surface area (Å²) in [6.07, 6.45) is 3.02. The lowest BCUT2D eigenvalue weighted by Crippen LogP contribution is -2.41. The normalized spacial score (nSPS) is 21.9. The van der Waals surface area contributed by atoms with Crippen molar-refractivity contribution in [3.8, 4) is 0 Å². The number of carbonyl (C=O) groups is 1. The Morgan fingerprint density at radius 2 is 2.05 bits per heavy atom. The monoisotopic (exact) mass is 284 g/mol. The minimum atomic E-state index is -0.783. The van der Waals surface area contributed by atoms with Crippen LogP contribution in [0.1, 0.15) is 19.3 Å². The van der Waals surface area contributed by atoms with Gasteiger partial charge in [0.1, 0.15) is 17.3 Å². The second kappa shape index (κ2) is 6.76. The predicted molar refractivity (Wildman–Crippen MR) is 71.4 cm³/mol. The highest BCUT2D eigenvalue weighted by atomic mass is 19.1. The van der Waals surface area contributed by atoms with Gasteiger partial charge in [0.05, 0.1) is 12.6 Å². The van der Waals surface area contributed by atoms with Gasteiger partial charge in [-0.3, -0.25) is 4.79 Å². The van der Waals surface area contributed by atoms with Crippen LogP contribution in [0.25, 0.3) is 0 Å². The van der Waals surface area contributed by atoms with Crippen LogP contribution in [0.2, 0.25) is 0 Å². The standard InChI is InChI=1S/C14H18F2N2O2/c1-20-12-7-3-6-11(12)17-8-13(19)18-14-9(15)4-2-5-10(14)16/h2,4-5,11-12,17H,3,6-8H2,1H3,(H,18,19).